The molecule has 1 aliphatic rings. The maximum absolute atomic E-state index is 12.8. The molecule has 0 unspecified atom stereocenters. The number of nitrogens with zero attached hydrogens (tertiary/aromatic N) is 1. The molecule has 144 valence electrons. The number of hydrogen-bond donors (Lipinski definition) is 1. The minimum atomic E-state index is -3.54. The largest absolute Gasteiger partial charge is 0.497 e. The topological polar surface area (TPSA) is 75.7 Å². The van der Waals surface area contributed by atoms with Crippen LogP contribution in [0, 0.1) is 0 Å². The predicted octanol–water partition coefficient (Wildman–Crippen LogP) is 3.04. The van der Waals surface area contributed by atoms with Crippen molar-refractivity contribution in [3.8, 4) is 5.75 Å². The van der Waals surface area contributed by atoms with E-state index < -0.39 is 10.0 Å². The fourth-order valence-corrected chi connectivity index (χ4v) is 4.98. The van der Waals surface area contributed by atoms with Crippen LogP contribution in [0.15, 0.2) is 57.9 Å². The van der Waals surface area contributed by atoms with Crippen LogP contribution in [-0.4, -0.2) is 44.9 Å². The Morgan fingerprint density at radius 2 is 1.74 bits per heavy atom. The lowest BCUT2D eigenvalue weighted by atomic mass is 10.1. The van der Waals surface area contributed by atoms with Crippen molar-refractivity contribution in [1.82, 2.24) is 9.62 Å². The lowest BCUT2D eigenvalue weighted by Crippen LogP contribution is -2.46. The Morgan fingerprint density at radius 3 is 2.33 bits per heavy atom. The van der Waals surface area contributed by atoms with Gasteiger partial charge in [0.15, 0.2) is 0 Å². The normalized spacial score (nSPS) is 16.1. The van der Waals surface area contributed by atoms with E-state index in [1.807, 2.05) is 18.2 Å². The SMILES string of the molecule is COc1ccc(S(=O)(=O)N2CCC(NC(=O)c3ccccc3Br)CC2)cc1. The molecule has 2 aromatic carbocycles. The van der Waals surface area contributed by atoms with E-state index in [0.29, 0.717) is 37.2 Å². The van der Waals surface area contributed by atoms with Gasteiger partial charge >= 0.3 is 0 Å². The molecule has 0 aromatic heterocycles. The summed E-state index contributed by atoms with van der Waals surface area (Å²) in [6.07, 6.45) is 1.15. The maximum atomic E-state index is 12.8. The maximum Gasteiger partial charge on any atom is 0.252 e. The van der Waals surface area contributed by atoms with Crippen molar-refractivity contribution in [2.24, 2.45) is 0 Å². The number of carbonyl (C=O) groups is 1. The summed E-state index contributed by atoms with van der Waals surface area (Å²) in [6.45, 7) is 0.741. The summed E-state index contributed by atoms with van der Waals surface area (Å²) in [4.78, 5) is 12.7. The van der Waals surface area contributed by atoms with Crippen LogP contribution in [0.1, 0.15) is 23.2 Å². The molecule has 1 aliphatic heterocycles. The van der Waals surface area contributed by atoms with E-state index in [4.69, 9.17) is 4.74 Å². The number of rotatable bonds is 5. The number of halogens is 1. The lowest BCUT2D eigenvalue weighted by Gasteiger charge is -2.31. The van der Waals surface area contributed by atoms with Gasteiger partial charge in [-0.3, -0.25) is 4.79 Å². The molecular formula is C19H21BrN2O4S. The molecule has 0 aliphatic carbocycles. The Hall–Kier alpha value is -1.90. The third kappa shape index (κ3) is 4.51. The van der Waals surface area contributed by atoms with Gasteiger partial charge in [-0.15, -0.1) is 0 Å². The van der Waals surface area contributed by atoms with Crippen molar-refractivity contribution < 1.29 is 17.9 Å². The molecule has 2 aromatic rings. The van der Waals surface area contributed by atoms with Gasteiger partial charge in [-0.05, 0) is 65.2 Å². The minimum Gasteiger partial charge on any atom is -0.497 e. The van der Waals surface area contributed by atoms with Crippen LogP contribution in [0.4, 0.5) is 0 Å². The molecule has 0 radical (unpaired) electrons. The molecule has 1 N–H and O–H groups in total. The number of piperidine rings is 1. The molecule has 0 atom stereocenters. The molecule has 1 amide bonds. The van der Waals surface area contributed by atoms with Crippen molar-refractivity contribution in [3.05, 3.63) is 58.6 Å². The van der Waals surface area contributed by atoms with Gasteiger partial charge in [-0.1, -0.05) is 12.1 Å². The third-order valence-corrected chi connectivity index (χ3v) is 7.21. The molecule has 8 heteroatoms. The van der Waals surface area contributed by atoms with E-state index in [0.717, 1.165) is 4.47 Å². The van der Waals surface area contributed by atoms with Crippen LogP contribution < -0.4 is 10.1 Å². The quantitative estimate of drug-likeness (QED) is 0.756. The summed E-state index contributed by atoms with van der Waals surface area (Å²) in [5, 5.41) is 3.00. The van der Waals surface area contributed by atoms with E-state index in [-0.39, 0.29) is 16.8 Å². The molecular weight excluding hydrogens is 432 g/mol. The average Bonchev–Trinajstić information content (AvgIpc) is 2.68. The van der Waals surface area contributed by atoms with Gasteiger partial charge in [-0.2, -0.15) is 4.31 Å². The van der Waals surface area contributed by atoms with Crippen molar-refractivity contribution in [2.45, 2.75) is 23.8 Å². The number of hydrogen-bond acceptors (Lipinski definition) is 4. The monoisotopic (exact) mass is 452 g/mol. The number of methoxy groups -OCH3 is 1. The lowest BCUT2D eigenvalue weighted by molar-refractivity contribution is 0.0923. The predicted molar refractivity (Wildman–Crippen MR) is 106 cm³/mol. The number of carbonyl (C=O) groups excluding carboxylic acids is 1. The van der Waals surface area contributed by atoms with Crippen LogP contribution in [-0.2, 0) is 10.0 Å². The zero-order chi connectivity index (χ0) is 19.4. The van der Waals surface area contributed by atoms with Gasteiger partial charge in [0.1, 0.15) is 5.75 Å². The first-order chi connectivity index (χ1) is 12.9. The van der Waals surface area contributed by atoms with Crippen molar-refractivity contribution >= 4 is 31.9 Å². The number of benzene rings is 2. The second-order valence-corrected chi connectivity index (χ2v) is 9.10. The zero-order valence-corrected chi connectivity index (χ0v) is 17.3. The van der Waals surface area contributed by atoms with Crippen LogP contribution in [0.2, 0.25) is 0 Å². The fourth-order valence-electron chi connectivity index (χ4n) is 3.05. The molecule has 1 heterocycles. The number of nitrogens with one attached hydrogen (secondary N) is 1. The van der Waals surface area contributed by atoms with Crippen molar-refractivity contribution in [3.63, 3.8) is 0 Å². The van der Waals surface area contributed by atoms with Gasteiger partial charge in [0, 0.05) is 23.6 Å². The van der Waals surface area contributed by atoms with Crippen molar-refractivity contribution in [2.75, 3.05) is 20.2 Å². The van der Waals surface area contributed by atoms with Crippen LogP contribution in [0.5, 0.6) is 5.75 Å². The van der Waals surface area contributed by atoms with Gasteiger partial charge in [0.05, 0.1) is 17.6 Å². The highest BCUT2D eigenvalue weighted by molar-refractivity contribution is 9.10. The highest BCUT2D eigenvalue weighted by atomic mass is 79.9. The Balaban J connectivity index is 1.61. The van der Waals surface area contributed by atoms with E-state index in [1.54, 1.807) is 30.3 Å². The fraction of sp³-hybridized carbons (Fsp3) is 0.316. The van der Waals surface area contributed by atoms with Crippen LogP contribution in [0.3, 0.4) is 0 Å². The molecule has 27 heavy (non-hydrogen) atoms. The van der Waals surface area contributed by atoms with E-state index in [1.165, 1.54) is 11.4 Å². The Labute approximate surface area is 167 Å². The number of sulfonamides is 1. The molecule has 0 bridgehead atoms. The first-order valence-electron chi connectivity index (χ1n) is 8.61. The molecule has 0 saturated carbocycles. The Bertz CT molecular complexity index is 908. The Kier molecular flexibility index (Phi) is 6.18. The summed E-state index contributed by atoms with van der Waals surface area (Å²) >= 11 is 3.38. The summed E-state index contributed by atoms with van der Waals surface area (Å²) in [5.41, 5.74) is 0.575. The molecule has 0 spiro atoms. The number of amides is 1. The first kappa shape index (κ1) is 19.9. The first-order valence-corrected chi connectivity index (χ1v) is 10.8. The van der Waals surface area contributed by atoms with Gasteiger partial charge in [-0.25, -0.2) is 8.42 Å². The summed E-state index contributed by atoms with van der Waals surface area (Å²) in [7, 11) is -2.00. The standard InChI is InChI=1S/C19H21BrN2O4S/c1-26-15-6-8-16(9-7-15)27(24,25)22-12-10-14(11-13-22)21-19(23)17-4-2-3-5-18(17)20/h2-9,14H,10-13H2,1H3,(H,21,23). The smallest absolute Gasteiger partial charge is 0.252 e. The average molecular weight is 453 g/mol. The summed E-state index contributed by atoms with van der Waals surface area (Å²) < 4.78 is 32.8. The zero-order valence-electron chi connectivity index (χ0n) is 14.9. The van der Waals surface area contributed by atoms with Gasteiger partial charge in [0.2, 0.25) is 10.0 Å². The molecule has 6 nitrogen and oxygen atoms in total. The highest BCUT2D eigenvalue weighted by Gasteiger charge is 2.30. The second kappa shape index (κ2) is 8.41. The van der Waals surface area contributed by atoms with Crippen LogP contribution in [0.25, 0.3) is 0 Å². The Morgan fingerprint density at radius 1 is 1.11 bits per heavy atom. The molecule has 3 rings (SSSR count). The third-order valence-electron chi connectivity index (χ3n) is 4.60. The molecule has 1 saturated heterocycles. The van der Waals surface area contributed by atoms with E-state index >= 15 is 0 Å². The van der Waals surface area contributed by atoms with E-state index in [9.17, 15) is 13.2 Å². The molecule has 1 fully saturated rings. The summed E-state index contributed by atoms with van der Waals surface area (Å²) in [6, 6.07) is 13.6. The van der Waals surface area contributed by atoms with E-state index in [2.05, 4.69) is 21.2 Å². The van der Waals surface area contributed by atoms with Gasteiger partial charge in [0.25, 0.3) is 5.91 Å². The summed E-state index contributed by atoms with van der Waals surface area (Å²) in [5.74, 6) is 0.460. The van der Waals surface area contributed by atoms with Crippen molar-refractivity contribution in [1.29, 1.82) is 0 Å². The number of ether oxygens (including phenoxy) is 1. The van der Waals surface area contributed by atoms with Gasteiger partial charge < -0.3 is 10.1 Å². The highest BCUT2D eigenvalue weighted by Crippen LogP contribution is 2.23. The van der Waals surface area contributed by atoms with Crippen LogP contribution >= 0.6 is 15.9 Å². The second-order valence-electron chi connectivity index (χ2n) is 6.31. The minimum absolute atomic E-state index is 0.0491.